The average molecular weight is 347 g/mol. The molecule has 0 aromatic heterocycles. The smallest absolute Gasteiger partial charge is 0.192 e. The van der Waals surface area contributed by atoms with Crippen molar-refractivity contribution in [2.24, 2.45) is 5.92 Å². The van der Waals surface area contributed by atoms with Crippen LogP contribution in [0.25, 0.3) is 0 Å². The molecule has 5 heteroatoms. The maximum absolute atomic E-state index is 8.96. The highest BCUT2D eigenvalue weighted by atomic mass is 28.4. The van der Waals surface area contributed by atoms with Gasteiger partial charge < -0.3 is 19.0 Å². The molecule has 0 aromatic carbocycles. The second-order valence-corrected chi connectivity index (χ2v) is 13.7. The number of aliphatic hydroxyl groups excluding tert-OH is 1. The SMILES string of the molecule is C[C@@H](CCCCO)[C@@H]1OC(C)(C)O[C@H]1CO[Si](C)(C)C(C)(C)C. The Morgan fingerprint density at radius 3 is 2.30 bits per heavy atom. The van der Waals surface area contributed by atoms with E-state index in [1.165, 1.54) is 0 Å². The molecule has 0 aliphatic carbocycles. The van der Waals surface area contributed by atoms with Gasteiger partial charge in [-0.1, -0.05) is 34.1 Å². The average Bonchev–Trinajstić information content (AvgIpc) is 2.71. The van der Waals surface area contributed by atoms with Gasteiger partial charge in [0.1, 0.15) is 6.10 Å². The van der Waals surface area contributed by atoms with E-state index < -0.39 is 14.1 Å². The van der Waals surface area contributed by atoms with Crippen LogP contribution < -0.4 is 0 Å². The maximum Gasteiger partial charge on any atom is 0.192 e. The molecule has 1 heterocycles. The molecule has 0 aromatic rings. The molecule has 0 saturated carbocycles. The molecule has 1 saturated heterocycles. The van der Waals surface area contributed by atoms with Crippen LogP contribution in [-0.2, 0) is 13.9 Å². The summed E-state index contributed by atoms with van der Waals surface area (Å²) >= 11 is 0. The lowest BCUT2D eigenvalue weighted by Crippen LogP contribution is -2.44. The Kier molecular flexibility index (Phi) is 7.30. The zero-order chi connectivity index (χ0) is 17.9. The maximum atomic E-state index is 8.96. The number of hydrogen-bond acceptors (Lipinski definition) is 4. The summed E-state index contributed by atoms with van der Waals surface area (Å²) in [6.45, 7) is 18.3. The topological polar surface area (TPSA) is 47.9 Å². The van der Waals surface area contributed by atoms with Crippen molar-refractivity contribution >= 4 is 8.32 Å². The van der Waals surface area contributed by atoms with Crippen molar-refractivity contribution in [3.63, 3.8) is 0 Å². The molecule has 0 amide bonds. The van der Waals surface area contributed by atoms with Crippen molar-refractivity contribution in [3.05, 3.63) is 0 Å². The van der Waals surface area contributed by atoms with E-state index in [0.29, 0.717) is 12.5 Å². The van der Waals surface area contributed by atoms with Crippen LogP contribution in [-0.4, -0.2) is 44.6 Å². The fourth-order valence-electron chi connectivity index (χ4n) is 2.72. The van der Waals surface area contributed by atoms with E-state index in [9.17, 15) is 0 Å². The second kappa shape index (κ2) is 7.96. The number of unbranched alkanes of at least 4 members (excludes halogenated alkanes) is 1. The highest BCUT2D eigenvalue weighted by molar-refractivity contribution is 6.74. The lowest BCUT2D eigenvalue weighted by molar-refractivity contribution is -0.152. The molecule has 0 spiro atoms. The van der Waals surface area contributed by atoms with Crippen molar-refractivity contribution in [2.75, 3.05) is 13.2 Å². The van der Waals surface area contributed by atoms with Crippen LogP contribution in [0.3, 0.4) is 0 Å². The third-order valence-corrected chi connectivity index (χ3v) is 9.77. The Hall–Kier alpha value is 0.0569. The zero-order valence-corrected chi connectivity index (χ0v) is 17.4. The molecule has 1 aliphatic rings. The molecular weight excluding hydrogens is 308 g/mol. The molecule has 23 heavy (non-hydrogen) atoms. The van der Waals surface area contributed by atoms with Crippen molar-refractivity contribution in [3.8, 4) is 0 Å². The van der Waals surface area contributed by atoms with Gasteiger partial charge in [0.2, 0.25) is 0 Å². The molecule has 3 atom stereocenters. The van der Waals surface area contributed by atoms with Gasteiger partial charge in [-0.15, -0.1) is 0 Å². The van der Waals surface area contributed by atoms with Crippen molar-refractivity contribution in [2.45, 2.75) is 96.9 Å². The van der Waals surface area contributed by atoms with Crippen molar-refractivity contribution in [1.82, 2.24) is 0 Å². The minimum absolute atomic E-state index is 0.0109. The van der Waals surface area contributed by atoms with Crippen molar-refractivity contribution < 1.29 is 19.0 Å². The van der Waals surface area contributed by atoms with Gasteiger partial charge in [0.05, 0.1) is 12.7 Å². The summed E-state index contributed by atoms with van der Waals surface area (Å²) in [5, 5.41) is 9.16. The van der Waals surface area contributed by atoms with Gasteiger partial charge >= 0.3 is 0 Å². The number of rotatable bonds is 8. The van der Waals surface area contributed by atoms with Crippen LogP contribution in [0.5, 0.6) is 0 Å². The fourth-order valence-corrected chi connectivity index (χ4v) is 3.74. The summed E-state index contributed by atoms with van der Waals surface area (Å²) in [7, 11) is -1.78. The summed E-state index contributed by atoms with van der Waals surface area (Å²) in [6.07, 6.45) is 2.97. The van der Waals surface area contributed by atoms with E-state index in [2.05, 4.69) is 40.8 Å². The Balaban J connectivity index is 2.66. The van der Waals surface area contributed by atoms with Gasteiger partial charge in [0.25, 0.3) is 0 Å². The zero-order valence-electron chi connectivity index (χ0n) is 16.4. The summed E-state index contributed by atoms with van der Waals surface area (Å²) in [4.78, 5) is 0. The van der Waals surface area contributed by atoms with Gasteiger partial charge in [-0.25, -0.2) is 0 Å². The van der Waals surface area contributed by atoms with E-state index in [1.807, 2.05) is 13.8 Å². The first-order valence-electron chi connectivity index (χ1n) is 9.00. The highest BCUT2D eigenvalue weighted by Crippen LogP contribution is 2.39. The molecule has 0 radical (unpaired) electrons. The molecule has 1 aliphatic heterocycles. The van der Waals surface area contributed by atoms with Crippen LogP contribution in [0.4, 0.5) is 0 Å². The van der Waals surface area contributed by atoms with Crippen LogP contribution >= 0.6 is 0 Å². The second-order valence-electron chi connectivity index (χ2n) is 8.91. The normalized spacial score (nSPS) is 26.5. The van der Waals surface area contributed by atoms with E-state index >= 15 is 0 Å². The first kappa shape index (κ1) is 21.1. The third-order valence-electron chi connectivity index (χ3n) is 5.26. The van der Waals surface area contributed by atoms with E-state index in [1.54, 1.807) is 0 Å². The monoisotopic (exact) mass is 346 g/mol. The number of ether oxygens (including phenoxy) is 2. The Morgan fingerprint density at radius 2 is 1.78 bits per heavy atom. The van der Waals surface area contributed by atoms with E-state index in [-0.39, 0.29) is 23.9 Å². The summed E-state index contributed by atoms with van der Waals surface area (Å²) in [5.74, 6) is -0.145. The summed E-state index contributed by atoms with van der Waals surface area (Å²) < 4.78 is 18.6. The van der Waals surface area contributed by atoms with Gasteiger partial charge in [-0.05, 0) is 50.7 Å². The molecular formula is C18H38O4Si. The highest BCUT2D eigenvalue weighted by Gasteiger charge is 2.45. The van der Waals surface area contributed by atoms with Gasteiger partial charge in [-0.2, -0.15) is 0 Å². The molecule has 1 N–H and O–H groups in total. The molecule has 4 nitrogen and oxygen atoms in total. The Morgan fingerprint density at radius 1 is 1.17 bits per heavy atom. The van der Waals surface area contributed by atoms with Gasteiger partial charge in [0, 0.05) is 6.61 Å². The van der Waals surface area contributed by atoms with E-state index in [0.717, 1.165) is 19.3 Å². The third kappa shape index (κ3) is 6.13. The van der Waals surface area contributed by atoms with Crippen LogP contribution in [0.1, 0.15) is 60.8 Å². The minimum atomic E-state index is -1.78. The lowest BCUT2D eigenvalue weighted by Gasteiger charge is -2.37. The first-order chi connectivity index (χ1) is 10.4. The van der Waals surface area contributed by atoms with Crippen LogP contribution in [0.2, 0.25) is 18.1 Å². The molecule has 1 rings (SSSR count). The van der Waals surface area contributed by atoms with Crippen LogP contribution in [0.15, 0.2) is 0 Å². The fraction of sp³-hybridized carbons (Fsp3) is 1.00. The first-order valence-corrected chi connectivity index (χ1v) is 11.9. The summed E-state index contributed by atoms with van der Waals surface area (Å²) in [5.41, 5.74) is 0. The van der Waals surface area contributed by atoms with Gasteiger partial charge in [-0.3, -0.25) is 0 Å². The quantitative estimate of drug-likeness (QED) is 0.525. The predicted octanol–water partition coefficient (Wildman–Crippen LogP) is 4.33. The number of hydrogen-bond donors (Lipinski definition) is 1. The predicted molar refractivity (Wildman–Crippen MR) is 97.1 cm³/mol. The van der Waals surface area contributed by atoms with Gasteiger partial charge in [0.15, 0.2) is 14.1 Å². The molecule has 0 unspecified atom stereocenters. The molecule has 1 fully saturated rings. The standard InChI is InChI=1S/C18H38O4Si/c1-14(11-9-10-12-19)16-15(21-18(5,6)22-16)13-20-23(7,8)17(2,3)4/h14-16,19H,9-13H2,1-8H3/t14-,15-,16-/m0/s1. The Labute approximate surface area is 144 Å². The van der Waals surface area contributed by atoms with Crippen molar-refractivity contribution in [1.29, 1.82) is 0 Å². The Bertz CT molecular complexity index is 363. The largest absolute Gasteiger partial charge is 0.414 e. The minimum Gasteiger partial charge on any atom is -0.414 e. The van der Waals surface area contributed by atoms with Crippen LogP contribution in [0, 0.1) is 5.92 Å². The summed E-state index contributed by atoms with van der Waals surface area (Å²) in [6, 6.07) is 0. The molecule has 138 valence electrons. The molecule has 0 bridgehead atoms. The lowest BCUT2D eigenvalue weighted by atomic mass is 9.94. The number of aliphatic hydroxyl groups is 1. The van der Waals surface area contributed by atoms with E-state index in [4.69, 9.17) is 19.0 Å².